The largest absolute Gasteiger partial charge is 0.494 e. The van der Waals surface area contributed by atoms with Crippen molar-refractivity contribution >= 4 is 27.6 Å². The summed E-state index contributed by atoms with van der Waals surface area (Å²) in [5, 5.41) is 9.81. The molecule has 0 spiro atoms. The molecule has 0 amide bonds. The van der Waals surface area contributed by atoms with Gasteiger partial charge in [-0.3, -0.25) is 0 Å². The molecule has 10 heteroatoms. The zero-order valence-electron chi connectivity index (χ0n) is 18.0. The predicted octanol–water partition coefficient (Wildman–Crippen LogP) is 4.48. The van der Waals surface area contributed by atoms with Gasteiger partial charge in [-0.1, -0.05) is 37.6 Å². The molecule has 0 saturated heterocycles. The van der Waals surface area contributed by atoms with Crippen molar-refractivity contribution in [2.24, 2.45) is 0 Å². The number of nitrogens with zero attached hydrogens (tertiary/aromatic N) is 2. The Bertz CT molecular complexity index is 1260. The number of hydrogen-bond donors (Lipinski definition) is 1. The summed E-state index contributed by atoms with van der Waals surface area (Å²) in [5.74, 6) is 0.968. The van der Waals surface area contributed by atoms with Crippen LogP contribution in [0.15, 0.2) is 47.1 Å². The predicted molar refractivity (Wildman–Crippen MR) is 121 cm³/mol. The van der Waals surface area contributed by atoms with Crippen molar-refractivity contribution < 1.29 is 22.3 Å². The zero-order valence-corrected chi connectivity index (χ0v) is 19.5. The number of methoxy groups -OCH3 is 1. The van der Waals surface area contributed by atoms with Gasteiger partial charge in [0.2, 0.25) is 10.0 Å². The van der Waals surface area contributed by atoms with Gasteiger partial charge in [-0.25, -0.2) is 13.1 Å². The van der Waals surface area contributed by atoms with Crippen LogP contribution in [0.1, 0.15) is 36.2 Å². The zero-order chi connectivity index (χ0) is 23.5. The van der Waals surface area contributed by atoms with Crippen LogP contribution >= 0.6 is 11.6 Å². The minimum absolute atomic E-state index is 0.108. The van der Waals surface area contributed by atoms with Gasteiger partial charge < -0.3 is 13.9 Å². The van der Waals surface area contributed by atoms with Crippen LogP contribution in [-0.2, 0) is 22.0 Å². The molecule has 3 aromatic rings. The van der Waals surface area contributed by atoms with Gasteiger partial charge in [0, 0.05) is 5.41 Å². The Morgan fingerprint density at radius 1 is 1.22 bits per heavy atom. The molecule has 0 aliphatic carbocycles. The molecule has 168 valence electrons. The van der Waals surface area contributed by atoms with Crippen molar-refractivity contribution in [3.63, 3.8) is 0 Å². The monoisotopic (exact) mass is 475 g/mol. The van der Waals surface area contributed by atoms with Gasteiger partial charge >= 0.3 is 6.01 Å². The lowest BCUT2D eigenvalue weighted by Gasteiger charge is -2.27. The van der Waals surface area contributed by atoms with E-state index in [-0.39, 0.29) is 12.6 Å². The van der Waals surface area contributed by atoms with Crippen molar-refractivity contribution in [2.45, 2.75) is 25.9 Å². The Labute approximate surface area is 191 Å². The fraction of sp³-hybridized carbons (Fsp3) is 0.273. The summed E-state index contributed by atoms with van der Waals surface area (Å²) < 4.78 is 40.6. The number of hydrogen-bond acceptors (Lipinski definition) is 7. The van der Waals surface area contributed by atoms with Crippen LogP contribution in [-0.4, -0.2) is 26.8 Å². The number of oxazole rings is 1. The van der Waals surface area contributed by atoms with Crippen LogP contribution in [0.3, 0.4) is 0 Å². The smallest absolute Gasteiger partial charge is 0.308 e. The van der Waals surface area contributed by atoms with Crippen LogP contribution in [0.4, 0.5) is 6.01 Å². The molecule has 0 aliphatic rings. The number of aromatic nitrogens is 1. The van der Waals surface area contributed by atoms with E-state index in [0.29, 0.717) is 27.8 Å². The molecule has 1 N–H and O–H groups in total. The SMILES string of the molecule is COc1c(Cl)cc(C(C)(C)c2ccc(OCc3coc(NS(C)(=O)=O)n3)cc2)cc1C#N. The lowest BCUT2D eigenvalue weighted by atomic mass is 9.77. The van der Waals surface area contributed by atoms with Gasteiger partial charge in [-0.2, -0.15) is 10.2 Å². The van der Waals surface area contributed by atoms with E-state index in [1.807, 2.05) is 38.1 Å². The van der Waals surface area contributed by atoms with Crippen LogP contribution in [0.2, 0.25) is 5.02 Å². The summed E-state index contributed by atoms with van der Waals surface area (Å²) >= 11 is 6.32. The van der Waals surface area contributed by atoms with E-state index in [0.717, 1.165) is 17.4 Å². The van der Waals surface area contributed by atoms with Crippen molar-refractivity contribution in [1.29, 1.82) is 5.26 Å². The molecule has 0 aliphatic heterocycles. The van der Waals surface area contributed by atoms with E-state index < -0.39 is 15.4 Å². The van der Waals surface area contributed by atoms with Crippen molar-refractivity contribution in [1.82, 2.24) is 4.98 Å². The van der Waals surface area contributed by atoms with E-state index in [1.165, 1.54) is 13.4 Å². The molecule has 0 atom stereocenters. The van der Waals surface area contributed by atoms with E-state index in [9.17, 15) is 13.7 Å². The summed E-state index contributed by atoms with van der Waals surface area (Å²) in [5.41, 5.74) is 2.26. The highest BCUT2D eigenvalue weighted by Gasteiger charge is 2.26. The average Bonchev–Trinajstić information content (AvgIpc) is 3.17. The van der Waals surface area contributed by atoms with Crippen molar-refractivity contribution in [2.75, 3.05) is 18.1 Å². The van der Waals surface area contributed by atoms with Crippen LogP contribution < -0.4 is 14.2 Å². The minimum Gasteiger partial charge on any atom is -0.494 e. The fourth-order valence-electron chi connectivity index (χ4n) is 3.12. The maximum absolute atomic E-state index is 11.2. The third kappa shape index (κ3) is 5.33. The first-order chi connectivity index (χ1) is 15.0. The molecule has 0 bridgehead atoms. The Kier molecular flexibility index (Phi) is 6.67. The lowest BCUT2D eigenvalue weighted by Crippen LogP contribution is -2.19. The summed E-state index contributed by atoms with van der Waals surface area (Å²) in [4.78, 5) is 4.01. The lowest BCUT2D eigenvalue weighted by molar-refractivity contribution is 0.301. The highest BCUT2D eigenvalue weighted by molar-refractivity contribution is 7.91. The Morgan fingerprint density at radius 2 is 1.91 bits per heavy atom. The van der Waals surface area contributed by atoms with E-state index in [2.05, 4.69) is 15.8 Å². The maximum atomic E-state index is 11.2. The third-order valence-corrected chi connectivity index (χ3v) is 5.70. The first kappa shape index (κ1) is 23.4. The molecule has 1 aromatic heterocycles. The first-order valence-corrected chi connectivity index (χ1v) is 11.7. The number of halogens is 1. The molecule has 0 radical (unpaired) electrons. The average molecular weight is 476 g/mol. The molecular formula is C22H22ClN3O5S. The van der Waals surface area contributed by atoms with Gasteiger partial charge in [-0.05, 0) is 35.4 Å². The first-order valence-electron chi connectivity index (χ1n) is 9.47. The summed E-state index contributed by atoms with van der Waals surface area (Å²) in [6, 6.07) is 13.1. The summed E-state index contributed by atoms with van der Waals surface area (Å²) in [6.07, 6.45) is 2.34. The van der Waals surface area contributed by atoms with Crippen LogP contribution in [0.25, 0.3) is 0 Å². The number of rotatable bonds is 8. The highest BCUT2D eigenvalue weighted by Crippen LogP contribution is 2.38. The summed E-state index contributed by atoms with van der Waals surface area (Å²) in [7, 11) is -1.98. The van der Waals surface area contributed by atoms with Crippen molar-refractivity contribution in [3.8, 4) is 17.6 Å². The Morgan fingerprint density at radius 3 is 2.50 bits per heavy atom. The standard InChI is InChI=1S/C22H22ClN3O5S/c1-22(2,16-9-14(11-24)20(29-3)19(23)10-16)15-5-7-18(8-6-15)30-12-17-13-31-21(25-17)26-32(4,27)28/h5-10,13H,12H2,1-4H3,(H,25,26). The highest BCUT2D eigenvalue weighted by atomic mass is 35.5. The third-order valence-electron chi connectivity index (χ3n) is 4.88. The molecule has 2 aromatic carbocycles. The summed E-state index contributed by atoms with van der Waals surface area (Å²) in [6.45, 7) is 4.18. The molecule has 0 unspecified atom stereocenters. The van der Waals surface area contributed by atoms with Gasteiger partial charge in [0.25, 0.3) is 0 Å². The number of anilines is 1. The second-order valence-corrected chi connectivity index (χ2v) is 9.76. The second-order valence-electron chi connectivity index (χ2n) is 7.61. The normalized spacial score (nSPS) is 11.6. The minimum atomic E-state index is -3.46. The maximum Gasteiger partial charge on any atom is 0.308 e. The van der Waals surface area contributed by atoms with Gasteiger partial charge in [0.05, 0.1) is 24.0 Å². The van der Waals surface area contributed by atoms with E-state index in [1.54, 1.807) is 12.1 Å². The van der Waals surface area contributed by atoms with Gasteiger partial charge in [-0.15, -0.1) is 0 Å². The Balaban J connectivity index is 1.74. The number of nitrogens with one attached hydrogen (secondary N) is 1. The van der Waals surface area contributed by atoms with Crippen molar-refractivity contribution in [3.05, 3.63) is 70.1 Å². The number of ether oxygens (including phenoxy) is 2. The number of benzene rings is 2. The molecule has 0 saturated carbocycles. The van der Waals surface area contributed by atoms with Gasteiger partial charge in [0.15, 0.2) is 5.75 Å². The molecular weight excluding hydrogens is 454 g/mol. The quantitative estimate of drug-likeness (QED) is 0.510. The fourth-order valence-corrected chi connectivity index (χ4v) is 3.82. The Hall–Kier alpha value is -3.22. The second kappa shape index (κ2) is 9.10. The molecule has 8 nitrogen and oxygen atoms in total. The topological polar surface area (TPSA) is 114 Å². The molecule has 32 heavy (non-hydrogen) atoms. The van der Waals surface area contributed by atoms with Crippen LogP contribution in [0, 0.1) is 11.3 Å². The number of nitriles is 1. The van der Waals surface area contributed by atoms with E-state index >= 15 is 0 Å². The van der Waals surface area contributed by atoms with Gasteiger partial charge in [0.1, 0.15) is 30.4 Å². The molecule has 0 fully saturated rings. The van der Waals surface area contributed by atoms with E-state index in [4.69, 9.17) is 25.5 Å². The van der Waals surface area contributed by atoms with Crippen LogP contribution in [0.5, 0.6) is 11.5 Å². The molecule has 1 heterocycles. The molecule has 3 rings (SSSR count). The number of sulfonamides is 1.